The minimum Gasteiger partial charge on any atom is -0.374 e. The summed E-state index contributed by atoms with van der Waals surface area (Å²) in [6.07, 6.45) is 15.5. The summed E-state index contributed by atoms with van der Waals surface area (Å²) < 4.78 is 0. The molecule has 1 unspecified atom stereocenters. The molecule has 1 N–H and O–H groups in total. The summed E-state index contributed by atoms with van der Waals surface area (Å²) >= 11 is 0. The number of unbranched alkanes of at least 4 members (excludes halogenated alkanes) is 6. The lowest BCUT2D eigenvalue weighted by Crippen LogP contribution is -2.35. The van der Waals surface area contributed by atoms with Gasteiger partial charge >= 0.3 is 0 Å². The van der Waals surface area contributed by atoms with Gasteiger partial charge in [-0.25, -0.2) is 0 Å². The molecule has 0 saturated heterocycles. The molecule has 0 aromatic heterocycles. The highest BCUT2D eigenvalue weighted by Gasteiger charge is 2.19. The molecule has 0 fully saturated rings. The van der Waals surface area contributed by atoms with Crippen molar-refractivity contribution < 1.29 is 5.11 Å². The summed E-state index contributed by atoms with van der Waals surface area (Å²) in [7, 11) is 0. The van der Waals surface area contributed by atoms with Crippen molar-refractivity contribution >= 4 is 5.84 Å². The van der Waals surface area contributed by atoms with Crippen molar-refractivity contribution in [3.8, 4) is 0 Å². The fourth-order valence-corrected chi connectivity index (χ4v) is 2.67. The van der Waals surface area contributed by atoms with Crippen LogP contribution in [0.2, 0.25) is 0 Å². The lowest BCUT2D eigenvalue weighted by atomic mass is 10.1. The molecule has 1 aliphatic rings. The molecule has 116 valence electrons. The summed E-state index contributed by atoms with van der Waals surface area (Å²) in [4.78, 5) is 6.52. The smallest absolute Gasteiger partial charge is 0.125 e. The summed E-state index contributed by atoms with van der Waals surface area (Å²) in [5, 5.41) is 9.62. The van der Waals surface area contributed by atoms with Gasteiger partial charge in [-0.3, -0.25) is 4.99 Å². The molecule has 0 aromatic carbocycles. The maximum atomic E-state index is 9.62. The summed E-state index contributed by atoms with van der Waals surface area (Å²) in [5.74, 6) is 1.12. The first kappa shape index (κ1) is 17.2. The zero-order chi connectivity index (χ0) is 14.6. The zero-order valence-corrected chi connectivity index (χ0v) is 13.4. The van der Waals surface area contributed by atoms with Gasteiger partial charge in [-0.15, -0.1) is 0 Å². The van der Waals surface area contributed by atoms with Crippen LogP contribution in [0.15, 0.2) is 17.1 Å². The number of allylic oxidation sites excluding steroid dienone is 2. The molecule has 0 saturated carbocycles. The summed E-state index contributed by atoms with van der Waals surface area (Å²) in [5.41, 5.74) is 0. The third-order valence-electron chi connectivity index (χ3n) is 3.84. The van der Waals surface area contributed by atoms with Gasteiger partial charge in [0.2, 0.25) is 0 Å². The van der Waals surface area contributed by atoms with Gasteiger partial charge < -0.3 is 10.0 Å². The second-order valence-electron chi connectivity index (χ2n) is 5.66. The van der Waals surface area contributed by atoms with Gasteiger partial charge in [-0.1, -0.05) is 44.8 Å². The number of rotatable bonds is 11. The van der Waals surface area contributed by atoms with E-state index in [1.165, 1.54) is 44.9 Å². The Morgan fingerprint density at radius 2 is 1.85 bits per heavy atom. The molecule has 0 aromatic rings. The molecule has 1 atom stereocenters. The van der Waals surface area contributed by atoms with Crippen LogP contribution in [0, 0.1) is 0 Å². The van der Waals surface area contributed by atoms with E-state index in [0.29, 0.717) is 0 Å². The van der Waals surface area contributed by atoms with Crippen molar-refractivity contribution in [2.75, 3.05) is 13.1 Å². The van der Waals surface area contributed by atoms with Crippen molar-refractivity contribution in [3.63, 3.8) is 0 Å². The Hall–Kier alpha value is -0.830. The SMILES string of the molecule is CC/C=C/CCCCCCCCC1=NCCN1C(C)O. The number of aliphatic hydroxyl groups is 1. The third-order valence-corrected chi connectivity index (χ3v) is 3.84. The van der Waals surface area contributed by atoms with Crippen molar-refractivity contribution in [1.29, 1.82) is 0 Å². The second kappa shape index (κ2) is 10.9. The average molecular weight is 280 g/mol. The molecule has 0 aliphatic carbocycles. The van der Waals surface area contributed by atoms with Crippen LogP contribution >= 0.6 is 0 Å². The van der Waals surface area contributed by atoms with Gasteiger partial charge in [-0.2, -0.15) is 0 Å². The lowest BCUT2D eigenvalue weighted by Gasteiger charge is -2.23. The first-order valence-corrected chi connectivity index (χ1v) is 8.38. The van der Waals surface area contributed by atoms with Crippen molar-refractivity contribution in [3.05, 3.63) is 12.2 Å². The van der Waals surface area contributed by atoms with Crippen molar-refractivity contribution in [2.24, 2.45) is 4.99 Å². The van der Waals surface area contributed by atoms with E-state index in [0.717, 1.165) is 31.8 Å². The highest BCUT2D eigenvalue weighted by Crippen LogP contribution is 2.14. The van der Waals surface area contributed by atoms with Crippen LogP contribution in [0.3, 0.4) is 0 Å². The molecule has 0 spiro atoms. The molecule has 3 nitrogen and oxygen atoms in total. The van der Waals surface area contributed by atoms with E-state index in [1.54, 1.807) is 0 Å². The normalized spacial score (nSPS) is 16.9. The van der Waals surface area contributed by atoms with E-state index < -0.39 is 0 Å². The Balaban J connectivity index is 1.93. The summed E-state index contributed by atoms with van der Waals surface area (Å²) in [6, 6.07) is 0. The molecule has 20 heavy (non-hydrogen) atoms. The molecule has 0 bridgehead atoms. The predicted octanol–water partition coefficient (Wildman–Crippen LogP) is 4.13. The Labute approximate surface area is 124 Å². The summed E-state index contributed by atoms with van der Waals surface area (Å²) in [6.45, 7) is 5.75. The first-order chi connectivity index (χ1) is 9.75. The van der Waals surface area contributed by atoms with E-state index >= 15 is 0 Å². The van der Waals surface area contributed by atoms with Crippen LogP contribution in [-0.4, -0.2) is 35.2 Å². The molecule has 3 heteroatoms. The van der Waals surface area contributed by atoms with Crippen LogP contribution in [0.1, 0.15) is 71.6 Å². The number of aliphatic imine (C=N–C) groups is 1. The molecular weight excluding hydrogens is 248 g/mol. The van der Waals surface area contributed by atoms with Gasteiger partial charge in [0, 0.05) is 13.0 Å². The van der Waals surface area contributed by atoms with Crippen LogP contribution < -0.4 is 0 Å². The fraction of sp³-hybridized carbons (Fsp3) is 0.824. The number of amidine groups is 1. The van der Waals surface area contributed by atoms with Crippen molar-refractivity contribution in [2.45, 2.75) is 77.9 Å². The van der Waals surface area contributed by atoms with Gasteiger partial charge in [0.05, 0.1) is 6.54 Å². The zero-order valence-electron chi connectivity index (χ0n) is 13.4. The standard InChI is InChI=1S/C17H32N2O/c1-3-4-5-6-7-8-9-10-11-12-13-17-18-14-15-19(17)16(2)20/h4-5,16,20H,3,6-15H2,1-2H3/b5-4+. The van der Waals surface area contributed by atoms with Crippen LogP contribution in [0.4, 0.5) is 0 Å². The Kier molecular flexibility index (Phi) is 9.38. The maximum Gasteiger partial charge on any atom is 0.125 e. The number of hydrogen-bond donors (Lipinski definition) is 1. The second-order valence-corrected chi connectivity index (χ2v) is 5.66. The molecule has 0 amide bonds. The Morgan fingerprint density at radius 1 is 1.15 bits per heavy atom. The Morgan fingerprint density at radius 3 is 2.55 bits per heavy atom. The van der Waals surface area contributed by atoms with E-state index in [4.69, 9.17) is 0 Å². The van der Waals surface area contributed by atoms with E-state index in [-0.39, 0.29) is 6.23 Å². The predicted molar refractivity (Wildman–Crippen MR) is 87.1 cm³/mol. The minimum absolute atomic E-state index is 0.382. The molecule has 1 heterocycles. The lowest BCUT2D eigenvalue weighted by molar-refractivity contribution is 0.0766. The number of hydrogen-bond acceptors (Lipinski definition) is 3. The number of aliphatic hydroxyl groups excluding tert-OH is 1. The van der Waals surface area contributed by atoms with E-state index in [1.807, 2.05) is 11.8 Å². The minimum atomic E-state index is -0.382. The van der Waals surface area contributed by atoms with Gasteiger partial charge in [0.1, 0.15) is 12.1 Å². The average Bonchev–Trinajstić information content (AvgIpc) is 2.89. The van der Waals surface area contributed by atoms with Gasteiger partial charge in [0.25, 0.3) is 0 Å². The van der Waals surface area contributed by atoms with E-state index in [2.05, 4.69) is 24.1 Å². The van der Waals surface area contributed by atoms with E-state index in [9.17, 15) is 5.11 Å². The van der Waals surface area contributed by atoms with Crippen LogP contribution in [0.5, 0.6) is 0 Å². The highest BCUT2D eigenvalue weighted by atomic mass is 16.3. The molecule has 1 aliphatic heterocycles. The Bertz CT molecular complexity index is 297. The van der Waals surface area contributed by atoms with Crippen LogP contribution in [-0.2, 0) is 0 Å². The van der Waals surface area contributed by atoms with Gasteiger partial charge in [-0.05, 0) is 32.6 Å². The largest absolute Gasteiger partial charge is 0.374 e. The fourth-order valence-electron chi connectivity index (χ4n) is 2.67. The van der Waals surface area contributed by atoms with Crippen LogP contribution in [0.25, 0.3) is 0 Å². The monoisotopic (exact) mass is 280 g/mol. The third kappa shape index (κ3) is 7.09. The highest BCUT2D eigenvalue weighted by molar-refractivity contribution is 5.83. The quantitative estimate of drug-likeness (QED) is 0.456. The molecule has 0 radical (unpaired) electrons. The topological polar surface area (TPSA) is 35.8 Å². The number of nitrogens with zero attached hydrogens (tertiary/aromatic N) is 2. The first-order valence-electron chi connectivity index (χ1n) is 8.38. The van der Waals surface area contributed by atoms with Crippen molar-refractivity contribution in [1.82, 2.24) is 4.90 Å². The molecular formula is C17H32N2O. The van der Waals surface area contributed by atoms with Gasteiger partial charge in [0.15, 0.2) is 0 Å². The maximum absolute atomic E-state index is 9.62. The molecule has 1 rings (SSSR count).